The van der Waals surface area contributed by atoms with E-state index in [-0.39, 0.29) is 0 Å². The summed E-state index contributed by atoms with van der Waals surface area (Å²) in [6.07, 6.45) is 2.42. The van der Waals surface area contributed by atoms with E-state index in [1.807, 2.05) is 19.2 Å². The summed E-state index contributed by atoms with van der Waals surface area (Å²) >= 11 is 1.52. The summed E-state index contributed by atoms with van der Waals surface area (Å²) in [6, 6.07) is 2.32. The molecule has 0 amide bonds. The molecule has 0 bridgehead atoms. The van der Waals surface area contributed by atoms with Gasteiger partial charge in [0.15, 0.2) is 0 Å². The van der Waals surface area contributed by atoms with Crippen molar-refractivity contribution in [1.82, 2.24) is 9.62 Å². The van der Waals surface area contributed by atoms with Crippen molar-refractivity contribution in [3.05, 3.63) is 16.3 Å². The fourth-order valence-corrected chi connectivity index (χ4v) is 4.74. The normalized spacial score (nSPS) is 16.4. The molecule has 1 aliphatic rings. The highest BCUT2D eigenvalue weighted by Crippen LogP contribution is 2.26. The van der Waals surface area contributed by atoms with E-state index in [0.29, 0.717) is 30.6 Å². The molecule has 0 spiro atoms. The van der Waals surface area contributed by atoms with Crippen LogP contribution in [0.25, 0.3) is 0 Å². The van der Waals surface area contributed by atoms with Gasteiger partial charge in [0.2, 0.25) is 10.0 Å². The van der Waals surface area contributed by atoms with Crippen LogP contribution in [0, 0.1) is 0 Å². The Hall–Kier alpha value is -0.430. The Morgan fingerprint density at radius 1 is 1.39 bits per heavy atom. The minimum Gasteiger partial charge on any atom is -0.309 e. The minimum atomic E-state index is -3.31. The summed E-state index contributed by atoms with van der Waals surface area (Å²) in [7, 11) is -3.31. The molecule has 0 atom stereocenters. The van der Waals surface area contributed by atoms with E-state index < -0.39 is 10.0 Å². The SMILES string of the molecule is CCN(CC)S(=O)(=O)c1ccsc1CNC1CC1. The molecule has 2 rings (SSSR count). The Kier molecular flexibility index (Phi) is 4.42. The molecule has 4 nitrogen and oxygen atoms in total. The molecule has 1 aromatic rings. The molecule has 1 aromatic heterocycles. The van der Waals surface area contributed by atoms with E-state index in [4.69, 9.17) is 0 Å². The average Bonchev–Trinajstić information content (AvgIpc) is 3.04. The average molecular weight is 288 g/mol. The van der Waals surface area contributed by atoms with Crippen LogP contribution in [-0.4, -0.2) is 31.9 Å². The lowest BCUT2D eigenvalue weighted by Crippen LogP contribution is -2.31. The number of rotatable bonds is 7. The van der Waals surface area contributed by atoms with Gasteiger partial charge in [-0.2, -0.15) is 4.31 Å². The number of sulfonamides is 1. The Labute approximate surface area is 113 Å². The van der Waals surface area contributed by atoms with Crippen molar-refractivity contribution >= 4 is 21.4 Å². The molecule has 0 aromatic carbocycles. The Morgan fingerprint density at radius 2 is 2.06 bits per heavy atom. The monoisotopic (exact) mass is 288 g/mol. The summed E-state index contributed by atoms with van der Waals surface area (Å²) < 4.78 is 26.4. The third-order valence-corrected chi connectivity index (χ3v) is 6.34. The molecule has 102 valence electrons. The molecule has 1 fully saturated rings. The Bertz CT molecular complexity index is 488. The van der Waals surface area contributed by atoms with E-state index in [1.165, 1.54) is 28.5 Å². The first kappa shape index (κ1) is 14.0. The molecule has 18 heavy (non-hydrogen) atoms. The van der Waals surface area contributed by atoms with Gasteiger partial charge in [0.1, 0.15) is 0 Å². The maximum Gasteiger partial charge on any atom is 0.244 e. The Balaban J connectivity index is 2.18. The first-order valence-electron chi connectivity index (χ1n) is 6.39. The van der Waals surface area contributed by atoms with Crippen LogP contribution in [0.4, 0.5) is 0 Å². The van der Waals surface area contributed by atoms with Crippen LogP contribution in [0.5, 0.6) is 0 Å². The molecule has 6 heteroatoms. The Morgan fingerprint density at radius 3 is 2.61 bits per heavy atom. The molecule has 0 aliphatic heterocycles. The lowest BCUT2D eigenvalue weighted by atomic mass is 10.4. The summed E-state index contributed by atoms with van der Waals surface area (Å²) in [4.78, 5) is 1.40. The molecule has 1 N–H and O–H groups in total. The first-order valence-corrected chi connectivity index (χ1v) is 8.71. The number of hydrogen-bond donors (Lipinski definition) is 1. The third kappa shape index (κ3) is 2.93. The number of hydrogen-bond acceptors (Lipinski definition) is 4. The van der Waals surface area contributed by atoms with Crippen LogP contribution < -0.4 is 5.32 Å². The standard InChI is InChI=1S/C12H20N2O2S2/c1-3-14(4-2)18(15,16)12-7-8-17-11(12)9-13-10-5-6-10/h7-8,10,13H,3-6,9H2,1-2H3. The van der Waals surface area contributed by atoms with Gasteiger partial charge in [-0.3, -0.25) is 0 Å². The van der Waals surface area contributed by atoms with E-state index in [1.54, 1.807) is 6.07 Å². The number of nitrogens with one attached hydrogen (secondary N) is 1. The van der Waals surface area contributed by atoms with Crippen LogP contribution in [-0.2, 0) is 16.6 Å². The summed E-state index contributed by atoms with van der Waals surface area (Å²) in [6.45, 7) is 5.44. The topological polar surface area (TPSA) is 49.4 Å². The van der Waals surface area contributed by atoms with Crippen LogP contribution in [0.3, 0.4) is 0 Å². The molecule has 0 unspecified atom stereocenters. The highest BCUT2D eigenvalue weighted by molar-refractivity contribution is 7.89. The second-order valence-electron chi connectivity index (χ2n) is 4.45. The number of nitrogens with zero attached hydrogens (tertiary/aromatic N) is 1. The zero-order valence-electron chi connectivity index (χ0n) is 10.8. The van der Waals surface area contributed by atoms with Crippen LogP contribution in [0.15, 0.2) is 16.3 Å². The second kappa shape index (κ2) is 5.69. The van der Waals surface area contributed by atoms with Gasteiger partial charge in [-0.1, -0.05) is 13.8 Å². The van der Waals surface area contributed by atoms with Crippen molar-refractivity contribution in [3.8, 4) is 0 Å². The van der Waals surface area contributed by atoms with Crippen molar-refractivity contribution in [2.45, 2.75) is 44.2 Å². The molecule has 0 radical (unpaired) electrons. The lowest BCUT2D eigenvalue weighted by molar-refractivity contribution is 0.444. The zero-order chi connectivity index (χ0) is 13.2. The van der Waals surface area contributed by atoms with Crippen molar-refractivity contribution < 1.29 is 8.42 Å². The van der Waals surface area contributed by atoms with Gasteiger partial charge in [-0.15, -0.1) is 11.3 Å². The van der Waals surface area contributed by atoms with Crippen molar-refractivity contribution in [2.24, 2.45) is 0 Å². The van der Waals surface area contributed by atoms with E-state index in [0.717, 1.165) is 4.88 Å². The van der Waals surface area contributed by atoms with Gasteiger partial charge in [0.05, 0.1) is 4.90 Å². The molecular weight excluding hydrogens is 268 g/mol. The quantitative estimate of drug-likeness (QED) is 0.835. The van der Waals surface area contributed by atoms with Gasteiger partial charge in [0.25, 0.3) is 0 Å². The fraction of sp³-hybridized carbons (Fsp3) is 0.667. The van der Waals surface area contributed by atoms with E-state index in [2.05, 4.69) is 5.32 Å². The molecule has 0 saturated heterocycles. The third-order valence-electron chi connectivity index (χ3n) is 3.16. The van der Waals surface area contributed by atoms with Crippen LogP contribution >= 0.6 is 11.3 Å². The van der Waals surface area contributed by atoms with Gasteiger partial charge < -0.3 is 5.32 Å². The largest absolute Gasteiger partial charge is 0.309 e. The van der Waals surface area contributed by atoms with Crippen molar-refractivity contribution in [3.63, 3.8) is 0 Å². The molecule has 1 saturated carbocycles. The van der Waals surface area contributed by atoms with Gasteiger partial charge in [0, 0.05) is 30.6 Å². The lowest BCUT2D eigenvalue weighted by Gasteiger charge is -2.18. The minimum absolute atomic E-state index is 0.476. The van der Waals surface area contributed by atoms with Gasteiger partial charge >= 0.3 is 0 Å². The molecule has 1 aliphatic carbocycles. The van der Waals surface area contributed by atoms with E-state index >= 15 is 0 Å². The predicted molar refractivity (Wildman–Crippen MR) is 74.3 cm³/mol. The van der Waals surface area contributed by atoms with Gasteiger partial charge in [-0.05, 0) is 24.3 Å². The zero-order valence-corrected chi connectivity index (χ0v) is 12.5. The van der Waals surface area contributed by atoms with E-state index in [9.17, 15) is 8.42 Å². The first-order chi connectivity index (χ1) is 8.59. The smallest absolute Gasteiger partial charge is 0.244 e. The van der Waals surface area contributed by atoms with Crippen LogP contribution in [0.2, 0.25) is 0 Å². The van der Waals surface area contributed by atoms with Crippen molar-refractivity contribution in [1.29, 1.82) is 0 Å². The van der Waals surface area contributed by atoms with Crippen molar-refractivity contribution in [2.75, 3.05) is 13.1 Å². The summed E-state index contributed by atoms with van der Waals surface area (Å²) in [5.74, 6) is 0. The van der Waals surface area contributed by atoms with Gasteiger partial charge in [-0.25, -0.2) is 8.42 Å². The summed E-state index contributed by atoms with van der Waals surface area (Å²) in [5.41, 5.74) is 0. The molecule has 1 heterocycles. The maximum absolute atomic E-state index is 12.4. The number of thiophene rings is 1. The summed E-state index contributed by atoms with van der Waals surface area (Å²) in [5, 5.41) is 5.24. The highest BCUT2D eigenvalue weighted by Gasteiger charge is 2.27. The maximum atomic E-state index is 12.4. The van der Waals surface area contributed by atoms with Crippen LogP contribution in [0.1, 0.15) is 31.6 Å². The fourth-order valence-electron chi connectivity index (χ4n) is 1.91. The predicted octanol–water partition coefficient (Wildman–Crippen LogP) is 2.03. The highest BCUT2D eigenvalue weighted by atomic mass is 32.2. The molecular formula is C12H20N2O2S2. The second-order valence-corrected chi connectivity index (χ2v) is 7.36.